The van der Waals surface area contributed by atoms with Crippen LogP contribution in [0.1, 0.15) is 6.92 Å². The van der Waals surface area contributed by atoms with Crippen molar-refractivity contribution < 1.29 is 19.4 Å². The van der Waals surface area contributed by atoms with Crippen molar-refractivity contribution >= 4 is 23.8 Å². The quantitative estimate of drug-likeness (QED) is 0.558. The van der Waals surface area contributed by atoms with E-state index in [0.717, 1.165) is 0 Å². The third-order valence-electron chi connectivity index (χ3n) is 2.54. The highest BCUT2D eigenvalue weighted by Crippen LogP contribution is 2.39. The highest BCUT2D eigenvalue weighted by atomic mass is 32.2. The van der Waals surface area contributed by atoms with Crippen molar-refractivity contribution in [1.82, 2.24) is 4.90 Å². The SMILES string of the molecule is CC=CC1=C(OC(=O)O)N2C(=O)C(N)[C@@H]2SC1. The van der Waals surface area contributed by atoms with Crippen LogP contribution in [0.4, 0.5) is 4.79 Å². The third-order valence-corrected chi connectivity index (χ3v) is 3.86. The van der Waals surface area contributed by atoms with Gasteiger partial charge in [0.1, 0.15) is 11.4 Å². The molecule has 17 heavy (non-hydrogen) atoms. The lowest BCUT2D eigenvalue weighted by Crippen LogP contribution is -2.68. The van der Waals surface area contributed by atoms with Crippen molar-refractivity contribution in [2.75, 3.05) is 5.75 Å². The fraction of sp³-hybridized carbons (Fsp3) is 0.400. The Morgan fingerprint density at radius 1 is 1.71 bits per heavy atom. The first-order valence-electron chi connectivity index (χ1n) is 5.03. The Labute approximate surface area is 102 Å². The van der Waals surface area contributed by atoms with E-state index in [2.05, 4.69) is 0 Å². The van der Waals surface area contributed by atoms with Crippen LogP contribution in [0, 0.1) is 0 Å². The molecule has 0 bridgehead atoms. The Kier molecular flexibility index (Phi) is 3.12. The minimum atomic E-state index is -1.43. The lowest BCUT2D eigenvalue weighted by molar-refractivity contribution is -0.144. The Bertz CT molecular complexity index is 432. The van der Waals surface area contributed by atoms with Crippen LogP contribution in [-0.4, -0.2) is 39.2 Å². The molecule has 2 atom stereocenters. The lowest BCUT2D eigenvalue weighted by atomic mass is 10.1. The molecule has 1 amide bonds. The molecule has 6 nitrogen and oxygen atoms in total. The molecule has 0 aliphatic carbocycles. The van der Waals surface area contributed by atoms with Gasteiger partial charge in [-0.25, -0.2) is 4.79 Å². The van der Waals surface area contributed by atoms with Crippen LogP contribution in [0.3, 0.4) is 0 Å². The number of fused-ring (bicyclic) bond motifs is 1. The van der Waals surface area contributed by atoms with Crippen LogP contribution in [0.5, 0.6) is 0 Å². The second kappa shape index (κ2) is 4.42. The number of hydrogen-bond donors (Lipinski definition) is 2. The number of ether oxygens (including phenoxy) is 1. The molecule has 1 saturated heterocycles. The van der Waals surface area contributed by atoms with Gasteiger partial charge in [-0.1, -0.05) is 12.2 Å². The molecule has 2 rings (SSSR count). The smallest absolute Gasteiger partial charge is 0.449 e. The van der Waals surface area contributed by atoms with E-state index in [1.807, 2.05) is 6.92 Å². The molecule has 0 spiro atoms. The predicted molar refractivity (Wildman–Crippen MR) is 62.0 cm³/mol. The average Bonchev–Trinajstić information content (AvgIpc) is 2.29. The van der Waals surface area contributed by atoms with Crippen molar-refractivity contribution in [3.05, 3.63) is 23.6 Å². The van der Waals surface area contributed by atoms with Crippen LogP contribution in [-0.2, 0) is 9.53 Å². The summed E-state index contributed by atoms with van der Waals surface area (Å²) in [5.41, 5.74) is 6.31. The zero-order valence-electron chi connectivity index (χ0n) is 9.12. The summed E-state index contributed by atoms with van der Waals surface area (Å²) in [5, 5.41) is 8.46. The van der Waals surface area contributed by atoms with Crippen LogP contribution in [0.2, 0.25) is 0 Å². The summed E-state index contributed by atoms with van der Waals surface area (Å²) in [6.07, 6.45) is 2.07. The largest absolute Gasteiger partial charge is 0.512 e. The molecule has 0 saturated carbocycles. The number of nitrogens with two attached hydrogens (primary N) is 1. The summed E-state index contributed by atoms with van der Waals surface area (Å²) in [7, 11) is 0. The van der Waals surface area contributed by atoms with Gasteiger partial charge in [-0.3, -0.25) is 9.69 Å². The Morgan fingerprint density at radius 2 is 2.41 bits per heavy atom. The number of amides is 1. The van der Waals surface area contributed by atoms with Gasteiger partial charge in [0.2, 0.25) is 11.8 Å². The van der Waals surface area contributed by atoms with E-state index in [9.17, 15) is 9.59 Å². The molecule has 2 aliphatic rings. The summed E-state index contributed by atoms with van der Waals surface area (Å²) in [4.78, 5) is 23.5. The maximum absolute atomic E-state index is 11.6. The van der Waals surface area contributed by atoms with Crippen LogP contribution >= 0.6 is 11.8 Å². The number of rotatable bonds is 2. The summed E-state index contributed by atoms with van der Waals surface area (Å²) >= 11 is 1.50. The van der Waals surface area contributed by atoms with Gasteiger partial charge in [0, 0.05) is 11.3 Å². The fourth-order valence-corrected chi connectivity index (χ4v) is 3.03. The van der Waals surface area contributed by atoms with Gasteiger partial charge in [0.15, 0.2) is 0 Å². The number of hydrogen-bond acceptors (Lipinski definition) is 5. The van der Waals surface area contributed by atoms with E-state index in [1.165, 1.54) is 16.7 Å². The number of allylic oxidation sites excluding steroid dienone is 2. The second-order valence-electron chi connectivity index (χ2n) is 3.63. The molecule has 0 aromatic heterocycles. The molecular formula is C10H12N2O4S. The normalized spacial score (nSPS) is 28.1. The maximum atomic E-state index is 11.6. The number of carbonyl (C=O) groups is 2. The van der Waals surface area contributed by atoms with E-state index in [0.29, 0.717) is 11.3 Å². The van der Waals surface area contributed by atoms with Crippen molar-refractivity contribution in [3.63, 3.8) is 0 Å². The first kappa shape index (κ1) is 12.0. The summed E-state index contributed by atoms with van der Waals surface area (Å²) in [5.74, 6) is 0.362. The van der Waals surface area contributed by atoms with E-state index in [1.54, 1.807) is 12.2 Å². The van der Waals surface area contributed by atoms with Crippen LogP contribution in [0.25, 0.3) is 0 Å². The first-order valence-corrected chi connectivity index (χ1v) is 6.08. The summed E-state index contributed by atoms with van der Waals surface area (Å²) in [6.45, 7) is 1.81. The first-order chi connectivity index (χ1) is 8.06. The standard InChI is InChI=1S/C10H12N2O4S/c1-2-3-5-4-17-9-6(11)7(13)12(9)8(5)16-10(14)15/h2-3,6,9H,4,11H2,1H3,(H,14,15)/t6?,9-/m0/s1. The molecule has 7 heteroatoms. The lowest BCUT2D eigenvalue weighted by Gasteiger charge is -2.47. The average molecular weight is 256 g/mol. The van der Waals surface area contributed by atoms with Gasteiger partial charge in [-0.05, 0) is 6.92 Å². The van der Waals surface area contributed by atoms with Crippen molar-refractivity contribution in [2.45, 2.75) is 18.3 Å². The Hall–Kier alpha value is -1.47. The molecule has 2 aliphatic heterocycles. The third kappa shape index (κ3) is 1.91. The van der Waals surface area contributed by atoms with E-state index in [4.69, 9.17) is 15.6 Å². The monoisotopic (exact) mass is 256 g/mol. The van der Waals surface area contributed by atoms with Gasteiger partial charge >= 0.3 is 6.16 Å². The van der Waals surface area contributed by atoms with E-state index >= 15 is 0 Å². The van der Waals surface area contributed by atoms with Gasteiger partial charge in [0.05, 0.1) is 0 Å². The van der Waals surface area contributed by atoms with Crippen molar-refractivity contribution in [2.24, 2.45) is 5.73 Å². The van der Waals surface area contributed by atoms with Gasteiger partial charge in [-0.2, -0.15) is 0 Å². The summed E-state index contributed by atoms with van der Waals surface area (Å²) in [6, 6.07) is -0.570. The Balaban J connectivity index is 2.33. The number of β-lactam (4-membered cyclic amide) rings is 1. The van der Waals surface area contributed by atoms with E-state index in [-0.39, 0.29) is 17.2 Å². The number of thioether (sulfide) groups is 1. The summed E-state index contributed by atoms with van der Waals surface area (Å²) < 4.78 is 4.69. The van der Waals surface area contributed by atoms with Crippen LogP contribution < -0.4 is 5.73 Å². The van der Waals surface area contributed by atoms with Gasteiger partial charge in [0.25, 0.3) is 0 Å². The van der Waals surface area contributed by atoms with Crippen LogP contribution in [0.15, 0.2) is 23.6 Å². The zero-order chi connectivity index (χ0) is 12.6. The number of carbonyl (C=O) groups excluding carboxylic acids is 1. The molecule has 0 aromatic rings. The predicted octanol–water partition coefficient (Wildman–Crippen LogP) is 0.711. The molecule has 0 radical (unpaired) electrons. The molecule has 92 valence electrons. The molecule has 3 N–H and O–H groups in total. The molecule has 1 fully saturated rings. The molecule has 1 unspecified atom stereocenters. The number of nitrogens with zero attached hydrogens (tertiary/aromatic N) is 1. The second-order valence-corrected chi connectivity index (χ2v) is 4.74. The van der Waals surface area contributed by atoms with Crippen molar-refractivity contribution in [3.8, 4) is 0 Å². The molecular weight excluding hydrogens is 244 g/mol. The Morgan fingerprint density at radius 3 is 3.00 bits per heavy atom. The minimum absolute atomic E-state index is 0.0889. The molecule has 2 heterocycles. The van der Waals surface area contributed by atoms with Gasteiger partial charge in [-0.15, -0.1) is 11.8 Å². The van der Waals surface area contributed by atoms with Gasteiger partial charge < -0.3 is 15.6 Å². The zero-order valence-corrected chi connectivity index (χ0v) is 9.94. The highest BCUT2D eigenvalue weighted by Gasteiger charge is 2.51. The maximum Gasteiger partial charge on any atom is 0.512 e. The number of carboxylic acid groups (broad SMARTS) is 1. The van der Waals surface area contributed by atoms with E-state index < -0.39 is 12.2 Å². The highest BCUT2D eigenvalue weighted by molar-refractivity contribution is 8.00. The van der Waals surface area contributed by atoms with Crippen molar-refractivity contribution in [1.29, 1.82) is 0 Å². The molecule has 0 aromatic carbocycles. The fourth-order valence-electron chi connectivity index (χ4n) is 1.79. The topological polar surface area (TPSA) is 92.9 Å². The minimum Gasteiger partial charge on any atom is -0.449 e.